The summed E-state index contributed by atoms with van der Waals surface area (Å²) in [6, 6.07) is 0. The third-order valence-corrected chi connectivity index (χ3v) is 0. The Kier molecular flexibility index (Phi) is 16.5. The van der Waals surface area contributed by atoms with Gasteiger partial charge in [0.2, 0.25) is 0 Å². The van der Waals surface area contributed by atoms with Gasteiger partial charge in [0.25, 0.3) is 6.47 Å². The van der Waals surface area contributed by atoms with Gasteiger partial charge < -0.3 is 5.11 Å². The minimum absolute atomic E-state index is 0. The van der Waals surface area contributed by atoms with Gasteiger partial charge in [-0.15, -0.1) is 0 Å². The molecule has 0 aromatic carbocycles. The summed E-state index contributed by atoms with van der Waals surface area (Å²) >= 11 is -5.62. The van der Waals surface area contributed by atoms with Crippen LogP contribution in [0.3, 0.4) is 0 Å². The molecule has 0 radical (unpaired) electrons. The molecule has 6 nitrogen and oxygen atoms in total. The molecule has 0 aromatic heterocycles. The average Bonchev–Trinajstić information content (AvgIpc) is 1.27. The molecule has 0 aliphatic carbocycles. The molecule has 0 atom stereocenters. The van der Waals surface area contributed by atoms with Crippen LogP contribution in [0.1, 0.15) is 0 Å². The molecule has 0 aliphatic rings. The van der Waals surface area contributed by atoms with Crippen molar-refractivity contribution in [2.45, 2.75) is 0 Å². The van der Waals surface area contributed by atoms with E-state index in [2.05, 4.69) is 0 Å². The summed E-state index contributed by atoms with van der Waals surface area (Å²) in [4.78, 5) is 8.36. The molecule has 50 valence electrons. The van der Waals surface area contributed by atoms with Crippen molar-refractivity contribution in [3.05, 3.63) is 0 Å². The van der Waals surface area contributed by atoms with E-state index in [1.165, 1.54) is 0 Å². The van der Waals surface area contributed by atoms with E-state index in [1.54, 1.807) is 0 Å². The molecular formula is CH2KMnO6. The molecule has 0 unspecified atom stereocenters. The third kappa shape index (κ3) is 451. The predicted octanol–water partition coefficient (Wildman–Crippen LogP) is -4.84. The number of hydrogen-bond acceptors (Lipinski definition) is 5. The molecule has 9 heavy (non-hydrogen) atoms. The van der Waals surface area contributed by atoms with Gasteiger partial charge in [0, 0.05) is 0 Å². The van der Waals surface area contributed by atoms with Crippen LogP contribution in [0.2, 0.25) is 0 Å². The van der Waals surface area contributed by atoms with Crippen LogP contribution in [-0.4, -0.2) is 11.6 Å². The molecule has 0 bridgehead atoms. The van der Waals surface area contributed by atoms with Gasteiger partial charge in [0.1, 0.15) is 0 Å². The Morgan fingerprint density at radius 1 is 1.33 bits per heavy atom. The van der Waals surface area contributed by atoms with E-state index in [1.807, 2.05) is 0 Å². The number of hydrogen-bond donors (Lipinski definition) is 1. The van der Waals surface area contributed by atoms with Crippen LogP contribution in [0, 0.1) is 0 Å². The topological polar surface area (TPSA) is 112 Å². The van der Waals surface area contributed by atoms with E-state index in [0.717, 1.165) is 0 Å². The predicted molar refractivity (Wildman–Crippen MR) is 10.8 cm³/mol. The zero-order chi connectivity index (χ0) is 7.21. The summed E-state index contributed by atoms with van der Waals surface area (Å²) in [5.74, 6) is 0. The van der Waals surface area contributed by atoms with Gasteiger partial charge >= 0.3 is 80.0 Å². The summed E-state index contributed by atoms with van der Waals surface area (Å²) in [6.07, 6.45) is 0. The molecule has 0 saturated heterocycles. The normalized spacial score (nSPS) is 7.67. The zero-order valence-electron chi connectivity index (χ0n) is 4.44. The molecular weight excluding hydrogens is 202 g/mol. The molecule has 0 aliphatic heterocycles. The van der Waals surface area contributed by atoms with E-state index < -0.39 is 13.0 Å². The van der Waals surface area contributed by atoms with Gasteiger partial charge in [0.15, 0.2) is 0 Å². The first kappa shape index (κ1) is 16.5. The first-order valence-corrected chi connectivity index (χ1v) is 3.04. The van der Waals surface area contributed by atoms with Crippen LogP contribution in [0.25, 0.3) is 0 Å². The van der Waals surface area contributed by atoms with Crippen LogP contribution in [0.5, 0.6) is 0 Å². The van der Waals surface area contributed by atoms with Crippen molar-refractivity contribution < 1.29 is 89.9 Å². The minimum atomic E-state index is -5.62. The van der Waals surface area contributed by atoms with E-state index >= 15 is 0 Å². The summed E-state index contributed by atoms with van der Waals surface area (Å²) in [5, 5.41) is 6.89. The van der Waals surface area contributed by atoms with E-state index in [0.29, 0.717) is 0 Å². The van der Waals surface area contributed by atoms with Gasteiger partial charge in [-0.3, -0.25) is 4.79 Å². The molecule has 0 fully saturated rings. The molecule has 0 heterocycles. The summed E-state index contributed by atoms with van der Waals surface area (Å²) in [7, 11) is 0. The molecule has 1 N–H and O–H groups in total. The Morgan fingerprint density at radius 2 is 1.33 bits per heavy atom. The van der Waals surface area contributed by atoms with Crippen molar-refractivity contribution in [2.24, 2.45) is 0 Å². The summed E-state index contributed by atoms with van der Waals surface area (Å²) in [6.45, 7) is -0.250. The van der Waals surface area contributed by atoms with E-state index in [9.17, 15) is 0 Å². The Labute approximate surface area is 94.8 Å². The maximum atomic E-state index is 8.58. The van der Waals surface area contributed by atoms with Crippen molar-refractivity contribution in [1.29, 1.82) is 0 Å². The van der Waals surface area contributed by atoms with Crippen LogP contribution in [0.4, 0.5) is 0 Å². The van der Waals surface area contributed by atoms with Crippen LogP contribution in [0.15, 0.2) is 0 Å². The van der Waals surface area contributed by atoms with Crippen molar-refractivity contribution in [3.8, 4) is 0 Å². The van der Waals surface area contributed by atoms with Gasteiger partial charge in [-0.05, 0) is 0 Å². The van der Waals surface area contributed by atoms with Crippen molar-refractivity contribution in [1.82, 2.24) is 0 Å². The Balaban J connectivity index is -0.0000000800. The quantitative estimate of drug-likeness (QED) is 0.313. The van der Waals surface area contributed by atoms with Gasteiger partial charge in [0.05, 0.1) is 0 Å². The summed E-state index contributed by atoms with van der Waals surface area (Å²) in [5.41, 5.74) is 0. The molecule has 0 aromatic rings. The van der Waals surface area contributed by atoms with Crippen molar-refractivity contribution in [3.63, 3.8) is 0 Å². The maximum absolute atomic E-state index is 8.58. The number of carbonyl (C=O) groups is 1. The van der Waals surface area contributed by atoms with Crippen molar-refractivity contribution in [2.75, 3.05) is 0 Å². The van der Waals surface area contributed by atoms with Gasteiger partial charge in [-0.2, -0.15) is 0 Å². The third-order valence-electron chi connectivity index (χ3n) is 0. The Bertz CT molecular complexity index is 168. The zero-order valence-corrected chi connectivity index (χ0v) is 8.75. The molecule has 0 rings (SSSR count). The van der Waals surface area contributed by atoms with Crippen LogP contribution in [-0.2, 0) is 29.3 Å². The second-order valence-electron chi connectivity index (χ2n) is 0.483. The molecule has 8 heteroatoms. The fourth-order valence-corrected chi connectivity index (χ4v) is 0. The number of rotatable bonds is 0. The summed E-state index contributed by atoms with van der Waals surface area (Å²) < 4.78 is 34.3. The first-order chi connectivity index (χ1) is 3.41. The van der Waals surface area contributed by atoms with E-state index in [4.69, 9.17) is 25.6 Å². The Hall–Kier alpha value is 0.986. The monoisotopic (exact) mass is 204 g/mol. The van der Waals surface area contributed by atoms with Crippen molar-refractivity contribution >= 4 is 6.47 Å². The first-order valence-electron chi connectivity index (χ1n) is 1.11. The molecule has 0 saturated carbocycles. The van der Waals surface area contributed by atoms with Crippen LogP contribution < -0.4 is 55.6 Å². The SMILES string of the molecule is O=CO.[K+].[O]=[Mn](=[O])(=[O])[O-]. The molecule has 0 spiro atoms. The van der Waals surface area contributed by atoms with Crippen LogP contribution >= 0.6 is 0 Å². The Morgan fingerprint density at radius 3 is 1.33 bits per heavy atom. The molecule has 0 amide bonds. The van der Waals surface area contributed by atoms with Gasteiger partial charge in [-0.1, -0.05) is 0 Å². The second kappa shape index (κ2) is 8.99. The van der Waals surface area contributed by atoms with Gasteiger partial charge in [-0.25, -0.2) is 0 Å². The second-order valence-corrected chi connectivity index (χ2v) is 1.66. The standard InChI is InChI=1S/CH2O2.K.Mn.4O/c2-1-3;;;;;;/h1H,(H,2,3);;;;;;/q;+1;;;;;-1. The fraction of sp³-hybridized carbons (Fsp3) is 0. The number of carboxylic acid groups (broad SMARTS) is 1. The fourth-order valence-electron chi connectivity index (χ4n) is 0. The van der Waals surface area contributed by atoms with E-state index in [-0.39, 0.29) is 57.9 Å². The average molecular weight is 204 g/mol.